The Bertz CT molecular complexity index is 994. The Morgan fingerprint density at radius 1 is 1.12 bits per heavy atom. The molecule has 33 heavy (non-hydrogen) atoms. The molecule has 0 spiro atoms. The average molecular weight is 478 g/mol. The van der Waals surface area contributed by atoms with E-state index in [1.165, 1.54) is 0 Å². The SMILES string of the molecule is CC1(C)C[C@H](Nc2nc(CCc3c[n+]([O-])ccc3C(F)(F)F)ncc2C(F)(F)F)CC[C@@H]1O. The molecule has 2 aromatic heterocycles. The average Bonchev–Trinajstić information content (AvgIpc) is 2.67. The zero-order chi connectivity index (χ0) is 24.6. The van der Waals surface area contributed by atoms with Gasteiger partial charge in [0.2, 0.25) is 0 Å². The van der Waals surface area contributed by atoms with E-state index < -0.39 is 40.8 Å². The highest BCUT2D eigenvalue weighted by Gasteiger charge is 2.39. The number of anilines is 1. The second-order valence-corrected chi connectivity index (χ2v) is 8.91. The van der Waals surface area contributed by atoms with E-state index in [2.05, 4.69) is 15.3 Å². The predicted octanol–water partition coefficient (Wildman–Crippen LogP) is 4.28. The van der Waals surface area contributed by atoms with Crippen molar-refractivity contribution in [3.8, 4) is 0 Å². The monoisotopic (exact) mass is 478 g/mol. The van der Waals surface area contributed by atoms with Crippen molar-refractivity contribution in [2.45, 2.75) is 70.4 Å². The number of alkyl halides is 6. The molecule has 2 aromatic rings. The summed E-state index contributed by atoms with van der Waals surface area (Å²) in [6, 6.07) is 0.278. The molecule has 182 valence electrons. The van der Waals surface area contributed by atoms with E-state index in [4.69, 9.17) is 0 Å². The number of aryl methyl sites for hydroxylation is 2. The highest BCUT2D eigenvalue weighted by atomic mass is 19.4. The van der Waals surface area contributed by atoms with Crippen LogP contribution in [0.2, 0.25) is 0 Å². The normalized spacial score (nSPS) is 21.1. The van der Waals surface area contributed by atoms with Gasteiger partial charge in [-0.3, -0.25) is 0 Å². The third kappa shape index (κ3) is 6.04. The molecule has 2 atom stereocenters. The van der Waals surface area contributed by atoms with Crippen molar-refractivity contribution < 1.29 is 36.2 Å². The van der Waals surface area contributed by atoms with Gasteiger partial charge < -0.3 is 15.6 Å². The number of aromatic nitrogens is 3. The summed E-state index contributed by atoms with van der Waals surface area (Å²) in [5.74, 6) is -0.539. The van der Waals surface area contributed by atoms with Crippen LogP contribution in [0.1, 0.15) is 55.6 Å². The van der Waals surface area contributed by atoms with E-state index in [0.29, 0.717) is 31.5 Å². The fraction of sp³-hybridized carbons (Fsp3) is 0.571. The van der Waals surface area contributed by atoms with Gasteiger partial charge in [0.15, 0.2) is 12.4 Å². The number of nitrogens with zero attached hydrogens (tertiary/aromatic N) is 3. The van der Waals surface area contributed by atoms with Crippen LogP contribution in [0.3, 0.4) is 0 Å². The smallest absolute Gasteiger partial charge is 0.421 e. The van der Waals surface area contributed by atoms with Crippen LogP contribution in [0.4, 0.5) is 32.2 Å². The van der Waals surface area contributed by atoms with Gasteiger partial charge in [0.05, 0.1) is 11.7 Å². The van der Waals surface area contributed by atoms with Crippen molar-refractivity contribution in [3.05, 3.63) is 52.4 Å². The summed E-state index contributed by atoms with van der Waals surface area (Å²) in [7, 11) is 0. The Labute approximate surface area is 186 Å². The minimum Gasteiger partial charge on any atom is -0.619 e. The summed E-state index contributed by atoms with van der Waals surface area (Å²) >= 11 is 0. The number of halogens is 6. The number of aliphatic hydroxyl groups excluding tert-OH is 1. The van der Waals surface area contributed by atoms with Crippen molar-refractivity contribution in [3.63, 3.8) is 0 Å². The number of hydrogen-bond acceptors (Lipinski definition) is 5. The molecule has 1 fully saturated rings. The van der Waals surface area contributed by atoms with Crippen LogP contribution >= 0.6 is 0 Å². The molecule has 12 heteroatoms. The highest BCUT2D eigenvalue weighted by Crippen LogP contribution is 2.39. The Morgan fingerprint density at radius 3 is 2.39 bits per heavy atom. The maximum atomic E-state index is 13.5. The predicted molar refractivity (Wildman–Crippen MR) is 106 cm³/mol. The van der Waals surface area contributed by atoms with Gasteiger partial charge in [0, 0.05) is 30.3 Å². The summed E-state index contributed by atoms with van der Waals surface area (Å²) in [6.07, 6.45) is -7.11. The molecule has 2 N–H and O–H groups in total. The molecule has 6 nitrogen and oxygen atoms in total. The van der Waals surface area contributed by atoms with Gasteiger partial charge in [-0.15, -0.1) is 0 Å². The van der Waals surface area contributed by atoms with Crippen LogP contribution in [0.5, 0.6) is 0 Å². The first kappa shape index (κ1) is 25.0. The fourth-order valence-corrected chi connectivity index (χ4v) is 4.04. The van der Waals surface area contributed by atoms with E-state index in [9.17, 15) is 36.7 Å². The second kappa shape index (κ2) is 8.96. The molecule has 0 saturated heterocycles. The van der Waals surface area contributed by atoms with E-state index in [-0.39, 0.29) is 35.0 Å². The lowest BCUT2D eigenvalue weighted by Gasteiger charge is -2.40. The largest absolute Gasteiger partial charge is 0.619 e. The third-order valence-corrected chi connectivity index (χ3v) is 5.89. The van der Waals surface area contributed by atoms with Crippen molar-refractivity contribution >= 4 is 5.82 Å². The van der Waals surface area contributed by atoms with Crippen LogP contribution in [-0.4, -0.2) is 27.2 Å². The van der Waals surface area contributed by atoms with Gasteiger partial charge in [-0.1, -0.05) is 13.8 Å². The Morgan fingerprint density at radius 2 is 1.79 bits per heavy atom. The van der Waals surface area contributed by atoms with Gasteiger partial charge in [0.25, 0.3) is 0 Å². The first-order valence-corrected chi connectivity index (χ1v) is 10.3. The van der Waals surface area contributed by atoms with Crippen molar-refractivity contribution in [1.29, 1.82) is 0 Å². The quantitative estimate of drug-likeness (QED) is 0.381. The molecular weight excluding hydrogens is 454 g/mol. The summed E-state index contributed by atoms with van der Waals surface area (Å²) in [6.45, 7) is 3.64. The van der Waals surface area contributed by atoms with Crippen LogP contribution in [-0.2, 0) is 25.2 Å². The molecule has 0 bridgehead atoms. The second-order valence-electron chi connectivity index (χ2n) is 8.91. The molecule has 0 aliphatic heterocycles. The zero-order valence-electron chi connectivity index (χ0n) is 18.0. The maximum absolute atomic E-state index is 13.5. The van der Waals surface area contributed by atoms with Crippen LogP contribution in [0.15, 0.2) is 24.7 Å². The molecule has 1 aliphatic rings. The number of pyridine rings is 1. The van der Waals surface area contributed by atoms with Gasteiger partial charge in [-0.05, 0) is 31.1 Å². The molecule has 1 saturated carbocycles. The van der Waals surface area contributed by atoms with E-state index in [0.717, 1.165) is 12.4 Å². The standard InChI is InChI=1S/C21H24F6N4O2/c1-19(2)9-13(4-5-16(19)32)29-18-15(21(25,26)27)10-28-17(30-18)6-3-12-11-31(33)8-7-14(12)20(22,23)24/h7-8,10-11,13,16,32H,3-6,9H2,1-2H3,(H,28,29,30)/t13-,16+/m1/s1. The molecule has 0 amide bonds. The van der Waals surface area contributed by atoms with E-state index >= 15 is 0 Å². The van der Waals surface area contributed by atoms with Crippen molar-refractivity contribution in [2.24, 2.45) is 5.41 Å². The van der Waals surface area contributed by atoms with Gasteiger partial charge in [-0.2, -0.15) is 31.1 Å². The molecule has 1 aliphatic carbocycles. The van der Waals surface area contributed by atoms with Crippen LogP contribution in [0.25, 0.3) is 0 Å². The fourth-order valence-electron chi connectivity index (χ4n) is 4.04. The molecule has 0 radical (unpaired) electrons. The van der Waals surface area contributed by atoms with Crippen molar-refractivity contribution in [2.75, 3.05) is 5.32 Å². The Hall–Kier alpha value is -2.63. The first-order valence-electron chi connectivity index (χ1n) is 10.3. The lowest BCUT2D eigenvalue weighted by atomic mass is 9.73. The third-order valence-electron chi connectivity index (χ3n) is 5.89. The highest BCUT2D eigenvalue weighted by molar-refractivity contribution is 5.46. The zero-order valence-corrected chi connectivity index (χ0v) is 18.0. The molecule has 2 heterocycles. The summed E-state index contributed by atoms with van der Waals surface area (Å²) in [5.41, 5.74) is -2.88. The van der Waals surface area contributed by atoms with Crippen molar-refractivity contribution in [1.82, 2.24) is 9.97 Å². The topological polar surface area (TPSA) is 85.0 Å². The lowest BCUT2D eigenvalue weighted by Crippen LogP contribution is -2.41. The minimum absolute atomic E-state index is 0.0879. The lowest BCUT2D eigenvalue weighted by molar-refractivity contribution is -0.606. The first-order chi connectivity index (χ1) is 15.2. The number of nitrogens with one attached hydrogen (secondary N) is 1. The van der Waals surface area contributed by atoms with Gasteiger partial charge in [-0.25, -0.2) is 9.97 Å². The number of hydrogen-bond donors (Lipinski definition) is 2. The summed E-state index contributed by atoms with van der Waals surface area (Å²) in [5, 5.41) is 24.3. The number of aliphatic hydroxyl groups is 1. The van der Waals surface area contributed by atoms with Crippen LogP contribution in [0, 0.1) is 10.6 Å². The Kier molecular flexibility index (Phi) is 6.79. The van der Waals surface area contributed by atoms with Gasteiger partial charge >= 0.3 is 12.4 Å². The minimum atomic E-state index is -4.73. The van der Waals surface area contributed by atoms with Crippen LogP contribution < -0.4 is 10.0 Å². The molecule has 0 aromatic carbocycles. The Balaban J connectivity index is 1.85. The molecule has 0 unspecified atom stereocenters. The number of rotatable bonds is 5. The summed E-state index contributed by atoms with van der Waals surface area (Å²) in [4.78, 5) is 7.65. The molecular formula is C21H24F6N4O2. The summed E-state index contributed by atoms with van der Waals surface area (Å²) < 4.78 is 80.4. The van der Waals surface area contributed by atoms with E-state index in [1.807, 2.05) is 13.8 Å². The maximum Gasteiger partial charge on any atom is 0.421 e. The molecule has 3 rings (SSSR count). The van der Waals surface area contributed by atoms with Gasteiger partial charge in [0.1, 0.15) is 17.2 Å². The van der Waals surface area contributed by atoms with E-state index in [1.54, 1.807) is 0 Å².